The van der Waals surface area contributed by atoms with Gasteiger partial charge in [0.2, 0.25) is 0 Å². The van der Waals surface area contributed by atoms with Gasteiger partial charge in [-0.3, -0.25) is 10.00 Å². The number of rotatable bonds is 6. The summed E-state index contributed by atoms with van der Waals surface area (Å²) in [6, 6.07) is 0.206. The Bertz CT molecular complexity index is 511. The Morgan fingerprint density at radius 3 is 2.67 bits per heavy atom. The van der Waals surface area contributed by atoms with Crippen LogP contribution in [0.15, 0.2) is 12.4 Å². The van der Waals surface area contributed by atoms with Gasteiger partial charge in [-0.25, -0.2) is 4.79 Å². The van der Waals surface area contributed by atoms with Crippen LogP contribution in [-0.2, 0) is 22.3 Å². The lowest BCUT2D eigenvalue weighted by atomic mass is 10.0. The van der Waals surface area contributed by atoms with E-state index >= 15 is 0 Å². The van der Waals surface area contributed by atoms with Crippen molar-refractivity contribution in [3.05, 3.63) is 18.0 Å². The molecule has 1 N–H and O–H groups in total. The van der Waals surface area contributed by atoms with Crippen molar-refractivity contribution in [2.75, 3.05) is 6.61 Å². The molecule has 1 aromatic rings. The van der Waals surface area contributed by atoms with E-state index in [1.807, 2.05) is 0 Å². The van der Waals surface area contributed by atoms with Crippen molar-refractivity contribution >= 4 is 5.97 Å². The lowest BCUT2D eigenvalue weighted by molar-refractivity contribution is -0.151. The maximum Gasteiger partial charge on any atom is 0.419 e. The maximum absolute atomic E-state index is 12.6. The first-order valence-corrected chi connectivity index (χ1v) is 6.79. The van der Waals surface area contributed by atoms with Crippen LogP contribution in [0.3, 0.4) is 0 Å². The number of carbonyl (C=O) groups excluding carboxylic acids is 1. The summed E-state index contributed by atoms with van der Waals surface area (Å²) < 4.78 is 43.9. The summed E-state index contributed by atoms with van der Waals surface area (Å²) >= 11 is 0. The van der Waals surface area contributed by atoms with Crippen LogP contribution in [0.4, 0.5) is 13.2 Å². The molecule has 0 spiro atoms. The summed E-state index contributed by atoms with van der Waals surface area (Å²) in [6.45, 7) is 3.51. The van der Waals surface area contributed by atoms with Crippen molar-refractivity contribution < 1.29 is 22.7 Å². The fraction of sp³-hybridized carbons (Fsp3) is 0.692. The third kappa shape index (κ3) is 3.96. The van der Waals surface area contributed by atoms with Crippen LogP contribution in [0.25, 0.3) is 0 Å². The minimum absolute atomic E-state index is 0.0155. The molecule has 1 aliphatic carbocycles. The second-order valence-electron chi connectivity index (χ2n) is 5.40. The highest BCUT2D eigenvalue weighted by molar-refractivity contribution is 5.80. The van der Waals surface area contributed by atoms with Gasteiger partial charge in [-0.15, -0.1) is 0 Å². The van der Waals surface area contributed by atoms with Gasteiger partial charge in [-0.1, -0.05) is 0 Å². The number of hydrogen-bond acceptors (Lipinski definition) is 4. The van der Waals surface area contributed by atoms with Crippen molar-refractivity contribution in [2.45, 2.75) is 51.0 Å². The molecule has 0 aliphatic heterocycles. The molecule has 21 heavy (non-hydrogen) atoms. The zero-order chi connectivity index (χ0) is 15.7. The lowest BCUT2D eigenvalue weighted by Crippen LogP contribution is -2.54. The fourth-order valence-corrected chi connectivity index (χ4v) is 2.06. The van der Waals surface area contributed by atoms with E-state index in [1.54, 1.807) is 13.8 Å². The Balaban J connectivity index is 2.14. The highest BCUT2D eigenvalue weighted by atomic mass is 19.4. The topological polar surface area (TPSA) is 56.2 Å². The molecule has 0 amide bonds. The number of nitrogens with zero attached hydrogens (tertiary/aromatic N) is 2. The molecule has 2 rings (SSSR count). The SMILES string of the molecule is CCOC(=O)C(C)(Cn1cc(C(F)(F)F)cn1)NC1CC1. The summed E-state index contributed by atoms with van der Waals surface area (Å²) in [5, 5.41) is 6.82. The maximum atomic E-state index is 12.6. The van der Waals surface area contributed by atoms with Gasteiger partial charge in [0, 0.05) is 12.2 Å². The molecule has 8 heteroatoms. The van der Waals surface area contributed by atoms with Crippen molar-refractivity contribution in [3.63, 3.8) is 0 Å². The van der Waals surface area contributed by atoms with Crippen molar-refractivity contribution in [1.29, 1.82) is 0 Å². The monoisotopic (exact) mass is 305 g/mol. The van der Waals surface area contributed by atoms with E-state index in [0.717, 1.165) is 29.9 Å². The molecule has 0 bridgehead atoms. The average Bonchev–Trinajstić information content (AvgIpc) is 3.03. The highest BCUT2D eigenvalue weighted by Gasteiger charge is 2.41. The van der Waals surface area contributed by atoms with Crippen LogP contribution in [0.1, 0.15) is 32.3 Å². The Kier molecular flexibility index (Phi) is 4.27. The smallest absolute Gasteiger partial charge is 0.419 e. The zero-order valence-corrected chi connectivity index (χ0v) is 11.9. The van der Waals surface area contributed by atoms with Gasteiger partial charge in [0.05, 0.1) is 24.9 Å². The van der Waals surface area contributed by atoms with Gasteiger partial charge in [0.25, 0.3) is 0 Å². The summed E-state index contributed by atoms with van der Waals surface area (Å²) in [6.07, 6.45) is -0.902. The molecule has 0 radical (unpaired) electrons. The molecular formula is C13H18F3N3O2. The summed E-state index contributed by atoms with van der Waals surface area (Å²) in [7, 11) is 0. The summed E-state index contributed by atoms with van der Waals surface area (Å²) in [5.74, 6) is -0.485. The molecule has 1 saturated carbocycles. The first kappa shape index (κ1) is 15.8. The van der Waals surface area contributed by atoms with E-state index in [4.69, 9.17) is 4.74 Å². The van der Waals surface area contributed by atoms with Gasteiger partial charge >= 0.3 is 12.1 Å². The number of carbonyl (C=O) groups is 1. The number of alkyl halides is 3. The number of esters is 1. The second kappa shape index (κ2) is 5.67. The predicted molar refractivity (Wildman–Crippen MR) is 68.4 cm³/mol. The molecule has 118 valence electrons. The molecule has 1 atom stereocenters. The standard InChI is InChI=1S/C13H18F3N3O2/c1-3-21-11(20)12(2,18-10-4-5-10)8-19-7-9(6-17-19)13(14,15)16/h6-7,10,18H,3-5,8H2,1-2H3. The van der Waals surface area contributed by atoms with E-state index < -0.39 is 23.2 Å². The number of halogens is 3. The Hall–Kier alpha value is -1.57. The van der Waals surface area contributed by atoms with Gasteiger partial charge in [0.15, 0.2) is 0 Å². The van der Waals surface area contributed by atoms with E-state index in [1.165, 1.54) is 0 Å². The summed E-state index contributed by atoms with van der Waals surface area (Å²) in [4.78, 5) is 12.1. The molecule has 0 saturated heterocycles. The Morgan fingerprint density at radius 1 is 1.52 bits per heavy atom. The molecule has 1 unspecified atom stereocenters. The zero-order valence-electron chi connectivity index (χ0n) is 11.9. The van der Waals surface area contributed by atoms with Crippen LogP contribution >= 0.6 is 0 Å². The minimum Gasteiger partial charge on any atom is -0.465 e. The van der Waals surface area contributed by atoms with E-state index in [-0.39, 0.29) is 19.2 Å². The van der Waals surface area contributed by atoms with E-state index in [0.29, 0.717) is 0 Å². The van der Waals surface area contributed by atoms with Gasteiger partial charge < -0.3 is 4.74 Å². The first-order chi connectivity index (χ1) is 9.74. The van der Waals surface area contributed by atoms with E-state index in [9.17, 15) is 18.0 Å². The summed E-state index contributed by atoms with van der Waals surface area (Å²) in [5.41, 5.74) is -1.92. The van der Waals surface area contributed by atoms with E-state index in [2.05, 4.69) is 10.4 Å². The van der Waals surface area contributed by atoms with Crippen LogP contribution in [-0.4, -0.2) is 33.9 Å². The largest absolute Gasteiger partial charge is 0.465 e. The highest BCUT2D eigenvalue weighted by Crippen LogP contribution is 2.29. The third-order valence-corrected chi connectivity index (χ3v) is 3.26. The number of aromatic nitrogens is 2. The number of hydrogen-bond donors (Lipinski definition) is 1. The van der Waals surface area contributed by atoms with Crippen LogP contribution in [0, 0.1) is 0 Å². The molecule has 1 aliphatic rings. The Morgan fingerprint density at radius 2 is 2.19 bits per heavy atom. The Labute approximate surface area is 120 Å². The fourth-order valence-electron chi connectivity index (χ4n) is 2.06. The average molecular weight is 305 g/mol. The van der Waals surface area contributed by atoms with Gasteiger partial charge in [-0.05, 0) is 26.7 Å². The quantitative estimate of drug-likeness (QED) is 0.817. The van der Waals surface area contributed by atoms with Crippen LogP contribution in [0.5, 0.6) is 0 Å². The molecule has 1 heterocycles. The number of ether oxygens (including phenoxy) is 1. The second-order valence-corrected chi connectivity index (χ2v) is 5.40. The third-order valence-electron chi connectivity index (χ3n) is 3.26. The van der Waals surface area contributed by atoms with Crippen LogP contribution < -0.4 is 5.32 Å². The van der Waals surface area contributed by atoms with Gasteiger partial charge in [-0.2, -0.15) is 18.3 Å². The molecule has 1 aromatic heterocycles. The lowest BCUT2D eigenvalue weighted by Gasteiger charge is -2.28. The molecule has 1 fully saturated rings. The minimum atomic E-state index is -4.44. The molecule has 5 nitrogen and oxygen atoms in total. The normalized spacial score (nSPS) is 18.3. The molecule has 0 aromatic carbocycles. The van der Waals surface area contributed by atoms with Gasteiger partial charge in [0.1, 0.15) is 5.54 Å². The van der Waals surface area contributed by atoms with Crippen molar-refractivity contribution in [2.24, 2.45) is 0 Å². The molecular weight excluding hydrogens is 287 g/mol. The predicted octanol–water partition coefficient (Wildman–Crippen LogP) is 1.98. The van der Waals surface area contributed by atoms with Crippen molar-refractivity contribution in [3.8, 4) is 0 Å². The number of nitrogens with one attached hydrogen (secondary N) is 1. The first-order valence-electron chi connectivity index (χ1n) is 6.79. The van der Waals surface area contributed by atoms with Crippen LogP contribution in [0.2, 0.25) is 0 Å². The van der Waals surface area contributed by atoms with Crippen molar-refractivity contribution in [1.82, 2.24) is 15.1 Å².